The van der Waals surface area contributed by atoms with Crippen LogP contribution in [0, 0.1) is 0 Å². The molecular weight excluding hydrogens is 156 g/mol. The number of hydrogen-bond donors (Lipinski definition) is 2. The molecule has 0 unspecified atom stereocenters. The van der Waals surface area contributed by atoms with Gasteiger partial charge in [0.05, 0.1) is 6.54 Å². The van der Waals surface area contributed by atoms with Crippen molar-refractivity contribution in [3.8, 4) is 0 Å². The Morgan fingerprint density at radius 1 is 1.50 bits per heavy atom. The summed E-state index contributed by atoms with van der Waals surface area (Å²) in [5.41, 5.74) is 5.14. The fourth-order valence-corrected chi connectivity index (χ4v) is 1.37. The average molecular weight is 170 g/mol. The third kappa shape index (κ3) is 2.62. The average Bonchev–Trinajstić information content (AvgIpc) is 2.09. The zero-order chi connectivity index (χ0) is 8.97. The molecule has 12 heavy (non-hydrogen) atoms. The molecule has 0 radical (unpaired) electrons. The van der Waals surface area contributed by atoms with Crippen LogP contribution in [0.4, 0.5) is 0 Å². The molecule has 0 atom stereocenters. The highest BCUT2D eigenvalue weighted by molar-refractivity contribution is 5.81. The SMILES string of the molecule is NCC(=O)NC1CCC(=O)CC1. The monoisotopic (exact) mass is 170 g/mol. The maximum Gasteiger partial charge on any atom is 0.233 e. The Bertz CT molecular complexity index is 181. The van der Waals surface area contributed by atoms with Crippen LogP contribution in [-0.2, 0) is 9.59 Å². The van der Waals surface area contributed by atoms with Crippen LogP contribution >= 0.6 is 0 Å². The maximum atomic E-state index is 10.8. The van der Waals surface area contributed by atoms with Gasteiger partial charge in [0, 0.05) is 18.9 Å². The van der Waals surface area contributed by atoms with Gasteiger partial charge in [0.25, 0.3) is 0 Å². The summed E-state index contributed by atoms with van der Waals surface area (Å²) < 4.78 is 0. The molecule has 68 valence electrons. The molecule has 0 aromatic rings. The molecule has 1 fully saturated rings. The number of hydrogen-bond acceptors (Lipinski definition) is 3. The lowest BCUT2D eigenvalue weighted by Crippen LogP contribution is -2.40. The van der Waals surface area contributed by atoms with Crippen LogP contribution in [0.3, 0.4) is 0 Å². The van der Waals surface area contributed by atoms with E-state index in [0.29, 0.717) is 18.6 Å². The summed E-state index contributed by atoms with van der Waals surface area (Å²) in [6.45, 7) is 0.0322. The van der Waals surface area contributed by atoms with Crippen molar-refractivity contribution in [2.24, 2.45) is 5.73 Å². The first-order valence-corrected chi connectivity index (χ1v) is 4.23. The van der Waals surface area contributed by atoms with E-state index in [1.807, 2.05) is 0 Å². The van der Waals surface area contributed by atoms with Crippen molar-refractivity contribution < 1.29 is 9.59 Å². The Balaban J connectivity index is 2.26. The fraction of sp³-hybridized carbons (Fsp3) is 0.750. The second-order valence-corrected chi connectivity index (χ2v) is 3.08. The molecule has 0 bridgehead atoms. The smallest absolute Gasteiger partial charge is 0.233 e. The van der Waals surface area contributed by atoms with Crippen molar-refractivity contribution in [1.82, 2.24) is 5.32 Å². The van der Waals surface area contributed by atoms with Crippen LogP contribution in [-0.4, -0.2) is 24.3 Å². The number of amides is 1. The van der Waals surface area contributed by atoms with E-state index < -0.39 is 0 Å². The van der Waals surface area contributed by atoms with Crippen LogP contribution in [0.5, 0.6) is 0 Å². The van der Waals surface area contributed by atoms with Crippen molar-refractivity contribution >= 4 is 11.7 Å². The quantitative estimate of drug-likeness (QED) is 0.591. The van der Waals surface area contributed by atoms with E-state index in [-0.39, 0.29) is 18.5 Å². The molecule has 3 N–H and O–H groups in total. The first-order valence-electron chi connectivity index (χ1n) is 4.23. The summed E-state index contributed by atoms with van der Waals surface area (Å²) in [7, 11) is 0. The van der Waals surface area contributed by atoms with Gasteiger partial charge in [-0.3, -0.25) is 9.59 Å². The third-order valence-electron chi connectivity index (χ3n) is 2.09. The number of nitrogens with two attached hydrogens (primary N) is 1. The standard InChI is InChI=1S/C8H14N2O2/c9-5-8(12)10-6-1-3-7(11)4-2-6/h6H,1-5,9H2,(H,10,12). The number of Topliss-reactive ketones (excluding diaryl/α,β-unsaturated/α-hetero) is 1. The van der Waals surface area contributed by atoms with E-state index in [9.17, 15) is 9.59 Å². The second-order valence-electron chi connectivity index (χ2n) is 3.08. The van der Waals surface area contributed by atoms with E-state index in [0.717, 1.165) is 12.8 Å². The summed E-state index contributed by atoms with van der Waals surface area (Å²) in [6.07, 6.45) is 2.72. The minimum Gasteiger partial charge on any atom is -0.352 e. The van der Waals surface area contributed by atoms with Gasteiger partial charge >= 0.3 is 0 Å². The Labute approximate surface area is 71.5 Å². The van der Waals surface area contributed by atoms with Crippen LogP contribution in [0.15, 0.2) is 0 Å². The number of rotatable bonds is 2. The van der Waals surface area contributed by atoms with Gasteiger partial charge in [-0.15, -0.1) is 0 Å². The Morgan fingerprint density at radius 2 is 2.08 bits per heavy atom. The van der Waals surface area contributed by atoms with E-state index in [4.69, 9.17) is 5.73 Å². The van der Waals surface area contributed by atoms with Gasteiger partial charge in [-0.2, -0.15) is 0 Å². The van der Waals surface area contributed by atoms with Gasteiger partial charge in [-0.25, -0.2) is 0 Å². The Kier molecular flexibility index (Phi) is 3.22. The number of nitrogens with one attached hydrogen (secondary N) is 1. The molecule has 1 amide bonds. The summed E-state index contributed by atoms with van der Waals surface area (Å²) in [6, 6.07) is 0.166. The molecule has 0 aromatic carbocycles. The highest BCUT2D eigenvalue weighted by Crippen LogP contribution is 2.14. The molecule has 4 heteroatoms. The normalized spacial score (nSPS) is 19.2. The predicted octanol–water partition coefficient (Wildman–Crippen LogP) is -0.427. The van der Waals surface area contributed by atoms with E-state index in [1.165, 1.54) is 0 Å². The van der Waals surface area contributed by atoms with Crippen molar-refractivity contribution in [3.63, 3.8) is 0 Å². The lowest BCUT2D eigenvalue weighted by molar-refractivity contribution is -0.124. The van der Waals surface area contributed by atoms with Gasteiger partial charge in [-0.05, 0) is 12.8 Å². The zero-order valence-electron chi connectivity index (χ0n) is 7.01. The van der Waals surface area contributed by atoms with Crippen LogP contribution in [0.2, 0.25) is 0 Å². The molecule has 0 heterocycles. The van der Waals surface area contributed by atoms with Gasteiger partial charge in [0.2, 0.25) is 5.91 Å². The van der Waals surface area contributed by atoms with Crippen molar-refractivity contribution in [1.29, 1.82) is 0 Å². The number of carbonyl (C=O) groups is 2. The molecule has 1 rings (SSSR count). The Hall–Kier alpha value is -0.900. The molecule has 1 saturated carbocycles. The van der Waals surface area contributed by atoms with Gasteiger partial charge in [0.15, 0.2) is 0 Å². The molecule has 0 saturated heterocycles. The summed E-state index contributed by atoms with van der Waals surface area (Å²) in [5, 5.41) is 2.77. The molecule has 1 aliphatic carbocycles. The Morgan fingerprint density at radius 3 is 2.58 bits per heavy atom. The predicted molar refractivity (Wildman–Crippen MR) is 44.5 cm³/mol. The molecule has 0 spiro atoms. The zero-order valence-corrected chi connectivity index (χ0v) is 7.01. The summed E-state index contributed by atoms with van der Waals surface area (Å²) in [4.78, 5) is 21.7. The minimum absolute atomic E-state index is 0.0322. The number of carbonyl (C=O) groups excluding carboxylic acids is 2. The lowest BCUT2D eigenvalue weighted by atomic mass is 9.94. The summed E-state index contributed by atoms with van der Waals surface area (Å²) >= 11 is 0. The van der Waals surface area contributed by atoms with E-state index >= 15 is 0 Å². The van der Waals surface area contributed by atoms with E-state index in [2.05, 4.69) is 5.32 Å². The van der Waals surface area contributed by atoms with Crippen molar-refractivity contribution in [3.05, 3.63) is 0 Å². The first kappa shape index (κ1) is 9.19. The van der Waals surface area contributed by atoms with Crippen molar-refractivity contribution in [2.75, 3.05) is 6.54 Å². The highest BCUT2D eigenvalue weighted by atomic mass is 16.2. The second kappa shape index (κ2) is 4.21. The van der Waals surface area contributed by atoms with Gasteiger partial charge in [0.1, 0.15) is 5.78 Å². The van der Waals surface area contributed by atoms with E-state index in [1.54, 1.807) is 0 Å². The topological polar surface area (TPSA) is 72.2 Å². The maximum absolute atomic E-state index is 10.8. The summed E-state index contributed by atoms with van der Waals surface area (Å²) in [5.74, 6) is 0.169. The first-order chi connectivity index (χ1) is 5.72. The third-order valence-corrected chi connectivity index (χ3v) is 2.09. The number of ketones is 1. The fourth-order valence-electron chi connectivity index (χ4n) is 1.37. The minimum atomic E-state index is -0.130. The molecule has 1 aliphatic rings. The lowest BCUT2D eigenvalue weighted by Gasteiger charge is -2.21. The van der Waals surface area contributed by atoms with Crippen LogP contribution in [0.25, 0.3) is 0 Å². The molecule has 0 aliphatic heterocycles. The van der Waals surface area contributed by atoms with Crippen molar-refractivity contribution in [2.45, 2.75) is 31.7 Å². The molecule has 0 aromatic heterocycles. The largest absolute Gasteiger partial charge is 0.352 e. The van der Waals surface area contributed by atoms with Gasteiger partial charge in [-0.1, -0.05) is 0 Å². The van der Waals surface area contributed by atoms with Gasteiger partial charge < -0.3 is 11.1 Å². The molecule has 4 nitrogen and oxygen atoms in total. The van der Waals surface area contributed by atoms with Crippen LogP contribution < -0.4 is 11.1 Å². The molecular formula is C8H14N2O2. The highest BCUT2D eigenvalue weighted by Gasteiger charge is 2.19. The van der Waals surface area contributed by atoms with Crippen LogP contribution in [0.1, 0.15) is 25.7 Å².